The molecule has 0 aliphatic carbocycles. The van der Waals surface area contributed by atoms with Crippen LogP contribution in [0.1, 0.15) is 60.7 Å². The summed E-state index contributed by atoms with van der Waals surface area (Å²) in [4.78, 5) is 38.1. The zero-order valence-electron chi connectivity index (χ0n) is 19.4. The van der Waals surface area contributed by atoms with Crippen molar-refractivity contribution in [3.63, 3.8) is 0 Å². The van der Waals surface area contributed by atoms with E-state index in [1.54, 1.807) is 21.2 Å². The standard InChI is InChI=1S/C23H32N2O6/c1-13(2)31-18(26)11-9-14(3)8-10-16-20(24-23(28)25(5)6)19-17(12-30-22(19)27)15(4)21(16)29-7/h8,13H,9-12H2,1-7H3,(H,24,28). The lowest BCUT2D eigenvalue weighted by molar-refractivity contribution is -0.147. The number of amides is 2. The van der Waals surface area contributed by atoms with Gasteiger partial charge in [0, 0.05) is 31.6 Å². The maximum atomic E-state index is 12.5. The summed E-state index contributed by atoms with van der Waals surface area (Å²) >= 11 is 0. The molecule has 0 saturated carbocycles. The monoisotopic (exact) mass is 432 g/mol. The van der Waals surface area contributed by atoms with Crippen LogP contribution in [0.2, 0.25) is 0 Å². The zero-order valence-corrected chi connectivity index (χ0v) is 19.4. The predicted molar refractivity (Wildman–Crippen MR) is 117 cm³/mol. The van der Waals surface area contributed by atoms with Gasteiger partial charge >= 0.3 is 18.0 Å². The number of allylic oxidation sites excluding steroid dienone is 2. The van der Waals surface area contributed by atoms with Crippen molar-refractivity contribution in [2.75, 3.05) is 26.5 Å². The number of methoxy groups -OCH3 is 1. The first-order chi connectivity index (χ1) is 14.6. The Kier molecular flexibility index (Phi) is 8.08. The molecule has 0 saturated heterocycles. The maximum absolute atomic E-state index is 12.5. The van der Waals surface area contributed by atoms with E-state index in [0.29, 0.717) is 35.4 Å². The van der Waals surface area contributed by atoms with Gasteiger partial charge in [-0.3, -0.25) is 4.79 Å². The van der Waals surface area contributed by atoms with Crippen molar-refractivity contribution in [1.82, 2.24) is 4.90 Å². The Bertz CT molecular complexity index is 902. The molecule has 1 aromatic carbocycles. The maximum Gasteiger partial charge on any atom is 0.341 e. The number of esters is 2. The first-order valence-corrected chi connectivity index (χ1v) is 10.3. The number of urea groups is 1. The van der Waals surface area contributed by atoms with Crippen LogP contribution in [0.25, 0.3) is 0 Å². The van der Waals surface area contributed by atoms with Crippen molar-refractivity contribution in [3.8, 4) is 5.75 Å². The smallest absolute Gasteiger partial charge is 0.341 e. The molecule has 1 N–H and O–H groups in total. The third-order valence-electron chi connectivity index (χ3n) is 5.06. The van der Waals surface area contributed by atoms with Crippen LogP contribution in [0, 0.1) is 6.92 Å². The summed E-state index contributed by atoms with van der Waals surface area (Å²) in [6.07, 6.45) is 3.09. The van der Waals surface area contributed by atoms with Gasteiger partial charge in [0.1, 0.15) is 12.4 Å². The van der Waals surface area contributed by atoms with Gasteiger partial charge in [0.15, 0.2) is 0 Å². The quantitative estimate of drug-likeness (QED) is 0.493. The fraction of sp³-hybridized carbons (Fsp3) is 0.522. The molecule has 31 heavy (non-hydrogen) atoms. The lowest BCUT2D eigenvalue weighted by Crippen LogP contribution is -2.29. The number of benzene rings is 1. The summed E-state index contributed by atoms with van der Waals surface area (Å²) in [6.45, 7) is 7.59. The number of rotatable bonds is 8. The van der Waals surface area contributed by atoms with Crippen molar-refractivity contribution in [2.45, 2.75) is 59.7 Å². The number of carbonyl (C=O) groups is 3. The van der Waals surface area contributed by atoms with E-state index in [1.165, 1.54) is 4.90 Å². The van der Waals surface area contributed by atoms with E-state index >= 15 is 0 Å². The molecular weight excluding hydrogens is 400 g/mol. The van der Waals surface area contributed by atoms with E-state index in [-0.39, 0.29) is 31.1 Å². The second kappa shape index (κ2) is 10.3. The predicted octanol–water partition coefficient (Wildman–Crippen LogP) is 3.99. The number of carbonyl (C=O) groups excluding carboxylic acids is 3. The lowest BCUT2D eigenvalue weighted by Gasteiger charge is -2.21. The average Bonchev–Trinajstić information content (AvgIpc) is 3.08. The van der Waals surface area contributed by atoms with Gasteiger partial charge in [-0.05, 0) is 46.1 Å². The molecule has 0 atom stereocenters. The minimum Gasteiger partial charge on any atom is -0.496 e. The van der Waals surface area contributed by atoms with E-state index in [2.05, 4.69) is 5.32 Å². The van der Waals surface area contributed by atoms with Crippen LogP contribution in [0.4, 0.5) is 10.5 Å². The number of anilines is 1. The van der Waals surface area contributed by atoms with Gasteiger partial charge in [-0.1, -0.05) is 11.6 Å². The molecule has 1 aliphatic rings. The van der Waals surface area contributed by atoms with Crippen LogP contribution in [0.15, 0.2) is 11.6 Å². The van der Waals surface area contributed by atoms with E-state index in [9.17, 15) is 14.4 Å². The molecule has 170 valence electrons. The summed E-state index contributed by atoms with van der Waals surface area (Å²) in [6, 6.07) is -0.355. The molecule has 0 bridgehead atoms. The van der Waals surface area contributed by atoms with Crippen LogP contribution >= 0.6 is 0 Å². The number of nitrogens with one attached hydrogen (secondary N) is 1. The van der Waals surface area contributed by atoms with Crippen molar-refractivity contribution < 1.29 is 28.6 Å². The number of nitrogens with zero attached hydrogens (tertiary/aromatic N) is 1. The SMILES string of the molecule is COc1c(C)c2c(c(NC(=O)N(C)C)c1CC=C(C)CCC(=O)OC(C)C)C(=O)OC2. The number of hydrogen-bond donors (Lipinski definition) is 1. The lowest BCUT2D eigenvalue weighted by atomic mass is 9.93. The molecule has 2 rings (SSSR count). The Labute approximate surface area is 183 Å². The minimum absolute atomic E-state index is 0.141. The van der Waals surface area contributed by atoms with Crippen molar-refractivity contribution in [1.29, 1.82) is 0 Å². The van der Waals surface area contributed by atoms with E-state index < -0.39 is 5.97 Å². The normalized spacial score (nSPS) is 13.0. The van der Waals surface area contributed by atoms with Gasteiger partial charge in [-0.2, -0.15) is 0 Å². The van der Waals surface area contributed by atoms with Crippen LogP contribution < -0.4 is 10.1 Å². The third kappa shape index (κ3) is 5.77. The van der Waals surface area contributed by atoms with E-state index in [1.807, 2.05) is 33.8 Å². The van der Waals surface area contributed by atoms with Gasteiger partial charge in [-0.15, -0.1) is 0 Å². The fourth-order valence-corrected chi connectivity index (χ4v) is 3.41. The molecular formula is C23H32N2O6. The molecule has 0 spiro atoms. The van der Waals surface area contributed by atoms with Crippen LogP contribution in [-0.4, -0.2) is 50.2 Å². The van der Waals surface area contributed by atoms with Crippen LogP contribution in [-0.2, 0) is 27.3 Å². The Morgan fingerprint density at radius 3 is 2.52 bits per heavy atom. The number of hydrogen-bond acceptors (Lipinski definition) is 6. The first kappa shape index (κ1) is 24.2. The Morgan fingerprint density at radius 1 is 1.26 bits per heavy atom. The van der Waals surface area contributed by atoms with Crippen molar-refractivity contribution in [3.05, 3.63) is 33.9 Å². The van der Waals surface area contributed by atoms with Gasteiger partial charge in [0.05, 0.1) is 24.5 Å². The second-order valence-electron chi connectivity index (χ2n) is 8.06. The Morgan fingerprint density at radius 2 is 1.94 bits per heavy atom. The molecule has 1 aliphatic heterocycles. The molecule has 0 unspecified atom stereocenters. The topological polar surface area (TPSA) is 94.2 Å². The highest BCUT2D eigenvalue weighted by Crippen LogP contribution is 2.41. The molecule has 0 fully saturated rings. The van der Waals surface area contributed by atoms with E-state index in [0.717, 1.165) is 16.7 Å². The van der Waals surface area contributed by atoms with Crippen LogP contribution in [0.3, 0.4) is 0 Å². The largest absolute Gasteiger partial charge is 0.496 e. The summed E-state index contributed by atoms with van der Waals surface area (Å²) in [5.74, 6) is -0.0991. The molecule has 8 heteroatoms. The highest BCUT2D eigenvalue weighted by Gasteiger charge is 2.32. The van der Waals surface area contributed by atoms with Gasteiger partial charge in [0.25, 0.3) is 0 Å². The Balaban J connectivity index is 2.39. The summed E-state index contributed by atoms with van der Waals surface area (Å²) in [7, 11) is 4.81. The molecule has 1 heterocycles. The van der Waals surface area contributed by atoms with Crippen molar-refractivity contribution >= 4 is 23.7 Å². The number of fused-ring (bicyclic) bond motifs is 1. The summed E-state index contributed by atoms with van der Waals surface area (Å²) < 4.78 is 16.1. The molecule has 0 radical (unpaired) electrons. The number of cyclic esters (lactones) is 1. The second-order valence-corrected chi connectivity index (χ2v) is 8.06. The molecule has 2 amide bonds. The van der Waals surface area contributed by atoms with E-state index in [4.69, 9.17) is 14.2 Å². The highest BCUT2D eigenvalue weighted by atomic mass is 16.5. The third-order valence-corrected chi connectivity index (χ3v) is 5.06. The molecule has 8 nitrogen and oxygen atoms in total. The Hall–Kier alpha value is -3.03. The fourth-order valence-electron chi connectivity index (χ4n) is 3.41. The number of ether oxygens (including phenoxy) is 3. The zero-order chi connectivity index (χ0) is 23.3. The summed E-state index contributed by atoms with van der Waals surface area (Å²) in [5, 5.41) is 2.84. The van der Waals surface area contributed by atoms with Gasteiger partial charge in [0.2, 0.25) is 0 Å². The summed E-state index contributed by atoms with van der Waals surface area (Å²) in [5.41, 5.74) is 3.99. The minimum atomic E-state index is -0.465. The van der Waals surface area contributed by atoms with Crippen LogP contribution in [0.5, 0.6) is 5.75 Å². The van der Waals surface area contributed by atoms with Gasteiger partial charge < -0.3 is 24.4 Å². The first-order valence-electron chi connectivity index (χ1n) is 10.3. The molecule has 1 aromatic rings. The van der Waals surface area contributed by atoms with Crippen molar-refractivity contribution in [2.24, 2.45) is 0 Å². The highest BCUT2D eigenvalue weighted by molar-refractivity contribution is 6.05. The van der Waals surface area contributed by atoms with Gasteiger partial charge in [-0.25, -0.2) is 9.59 Å². The molecule has 0 aromatic heterocycles. The average molecular weight is 433 g/mol.